The number of piperidine rings is 1. The maximum atomic E-state index is 6.29. The van der Waals surface area contributed by atoms with Gasteiger partial charge < -0.3 is 5.73 Å². The Hall–Kier alpha value is -0.0800. The highest BCUT2D eigenvalue weighted by Crippen LogP contribution is 2.38. The molecule has 1 heterocycles. The van der Waals surface area contributed by atoms with E-state index in [0.29, 0.717) is 5.54 Å². The fraction of sp³-hybridized carbons (Fsp3) is 1.00. The first kappa shape index (κ1) is 16.3. The average molecular weight is 281 g/mol. The summed E-state index contributed by atoms with van der Waals surface area (Å²) in [5.74, 6) is 2.74. The van der Waals surface area contributed by atoms with E-state index in [1.165, 1.54) is 64.5 Å². The van der Waals surface area contributed by atoms with Crippen LogP contribution >= 0.6 is 0 Å². The molecule has 0 spiro atoms. The minimum Gasteiger partial charge on any atom is -0.329 e. The quantitative estimate of drug-likeness (QED) is 0.787. The molecule has 2 fully saturated rings. The van der Waals surface area contributed by atoms with E-state index in [0.717, 1.165) is 24.3 Å². The zero-order valence-corrected chi connectivity index (χ0v) is 14.0. The van der Waals surface area contributed by atoms with Crippen molar-refractivity contribution >= 4 is 0 Å². The summed E-state index contributed by atoms with van der Waals surface area (Å²) in [6.45, 7) is 10.6. The standard InChI is InChI=1S/C18H36N2/c1-4-16-8-12-20(13-9-16)18(14-19)10-5-6-17(7-11-18)15(2)3/h15-17H,4-14,19H2,1-3H3. The van der Waals surface area contributed by atoms with E-state index >= 15 is 0 Å². The van der Waals surface area contributed by atoms with Crippen molar-refractivity contribution in [2.45, 2.75) is 77.7 Å². The van der Waals surface area contributed by atoms with Gasteiger partial charge in [0.05, 0.1) is 0 Å². The molecule has 2 nitrogen and oxygen atoms in total. The second-order valence-electron chi connectivity index (χ2n) is 7.70. The second kappa shape index (κ2) is 7.26. The van der Waals surface area contributed by atoms with Gasteiger partial charge in [-0.05, 0) is 62.9 Å². The Morgan fingerprint density at radius 2 is 1.80 bits per heavy atom. The molecule has 0 aromatic carbocycles. The molecule has 2 heteroatoms. The van der Waals surface area contributed by atoms with Gasteiger partial charge >= 0.3 is 0 Å². The molecular weight excluding hydrogens is 244 g/mol. The first-order valence-corrected chi connectivity index (χ1v) is 9.06. The Bertz CT molecular complexity index is 281. The van der Waals surface area contributed by atoms with Crippen LogP contribution in [0.25, 0.3) is 0 Å². The van der Waals surface area contributed by atoms with Gasteiger partial charge in [0, 0.05) is 12.1 Å². The van der Waals surface area contributed by atoms with Gasteiger partial charge in [-0.2, -0.15) is 0 Å². The third kappa shape index (κ3) is 3.57. The van der Waals surface area contributed by atoms with Crippen LogP contribution in [0.15, 0.2) is 0 Å². The van der Waals surface area contributed by atoms with Gasteiger partial charge in [0.25, 0.3) is 0 Å². The van der Waals surface area contributed by atoms with E-state index in [1.807, 2.05) is 0 Å². The van der Waals surface area contributed by atoms with Crippen LogP contribution in [-0.4, -0.2) is 30.1 Å². The molecule has 1 aliphatic carbocycles. The van der Waals surface area contributed by atoms with Crippen molar-refractivity contribution in [3.05, 3.63) is 0 Å². The lowest BCUT2D eigenvalue weighted by molar-refractivity contribution is 0.0409. The van der Waals surface area contributed by atoms with Crippen LogP contribution in [0.2, 0.25) is 0 Å². The lowest BCUT2D eigenvalue weighted by atomic mass is 9.83. The Kier molecular flexibility index (Phi) is 5.92. The maximum Gasteiger partial charge on any atom is 0.0331 e. The first-order valence-electron chi connectivity index (χ1n) is 9.06. The molecular formula is C18H36N2. The first-order chi connectivity index (χ1) is 9.61. The normalized spacial score (nSPS) is 34.4. The van der Waals surface area contributed by atoms with E-state index in [9.17, 15) is 0 Å². The largest absolute Gasteiger partial charge is 0.329 e. The molecule has 20 heavy (non-hydrogen) atoms. The van der Waals surface area contributed by atoms with Crippen molar-refractivity contribution in [1.82, 2.24) is 4.90 Å². The van der Waals surface area contributed by atoms with Gasteiger partial charge in [-0.3, -0.25) is 4.90 Å². The van der Waals surface area contributed by atoms with Crippen molar-refractivity contribution in [1.29, 1.82) is 0 Å². The molecule has 2 unspecified atom stereocenters. The third-order valence-electron chi connectivity index (χ3n) is 6.38. The highest BCUT2D eigenvalue weighted by Gasteiger charge is 2.39. The van der Waals surface area contributed by atoms with Crippen LogP contribution in [-0.2, 0) is 0 Å². The van der Waals surface area contributed by atoms with E-state index in [2.05, 4.69) is 25.7 Å². The Balaban J connectivity index is 1.99. The number of nitrogens with two attached hydrogens (primary N) is 1. The van der Waals surface area contributed by atoms with E-state index in [-0.39, 0.29) is 0 Å². The molecule has 1 aliphatic heterocycles. The smallest absolute Gasteiger partial charge is 0.0331 e. The summed E-state index contributed by atoms with van der Waals surface area (Å²) in [5.41, 5.74) is 6.62. The summed E-state index contributed by atoms with van der Waals surface area (Å²) < 4.78 is 0. The van der Waals surface area contributed by atoms with Gasteiger partial charge in [-0.15, -0.1) is 0 Å². The van der Waals surface area contributed by atoms with E-state index in [1.54, 1.807) is 0 Å². The molecule has 1 saturated carbocycles. The topological polar surface area (TPSA) is 29.3 Å². The van der Waals surface area contributed by atoms with Gasteiger partial charge in [0.1, 0.15) is 0 Å². The lowest BCUT2D eigenvalue weighted by Crippen LogP contribution is -2.56. The molecule has 0 radical (unpaired) electrons. The molecule has 2 rings (SSSR count). The molecule has 2 atom stereocenters. The predicted molar refractivity (Wildman–Crippen MR) is 87.8 cm³/mol. The average Bonchev–Trinajstić information content (AvgIpc) is 2.71. The number of likely N-dealkylation sites (tertiary alicyclic amines) is 1. The van der Waals surface area contributed by atoms with Crippen molar-refractivity contribution in [2.24, 2.45) is 23.5 Å². The Morgan fingerprint density at radius 3 is 2.35 bits per heavy atom. The van der Waals surface area contributed by atoms with Crippen molar-refractivity contribution in [3.8, 4) is 0 Å². The predicted octanol–water partition coefficient (Wildman–Crippen LogP) is 4.04. The molecule has 118 valence electrons. The summed E-state index contributed by atoms with van der Waals surface area (Å²) in [6.07, 6.45) is 11.0. The fourth-order valence-corrected chi connectivity index (χ4v) is 4.55. The minimum absolute atomic E-state index is 0.336. The molecule has 1 saturated heterocycles. The van der Waals surface area contributed by atoms with Crippen molar-refractivity contribution in [2.75, 3.05) is 19.6 Å². The minimum atomic E-state index is 0.336. The Morgan fingerprint density at radius 1 is 1.10 bits per heavy atom. The number of nitrogens with zero attached hydrogens (tertiary/aromatic N) is 1. The van der Waals surface area contributed by atoms with Gasteiger partial charge in [-0.1, -0.05) is 40.0 Å². The number of rotatable bonds is 4. The number of hydrogen-bond donors (Lipinski definition) is 1. The van der Waals surface area contributed by atoms with Gasteiger partial charge in [-0.25, -0.2) is 0 Å². The van der Waals surface area contributed by atoms with Gasteiger partial charge in [0.2, 0.25) is 0 Å². The molecule has 0 aromatic rings. The number of hydrogen-bond acceptors (Lipinski definition) is 2. The van der Waals surface area contributed by atoms with E-state index in [4.69, 9.17) is 5.73 Å². The van der Waals surface area contributed by atoms with Crippen LogP contribution in [0.4, 0.5) is 0 Å². The lowest BCUT2D eigenvalue weighted by Gasteiger charge is -2.46. The van der Waals surface area contributed by atoms with Crippen molar-refractivity contribution < 1.29 is 0 Å². The summed E-state index contributed by atoms with van der Waals surface area (Å²) in [6, 6.07) is 0. The summed E-state index contributed by atoms with van der Waals surface area (Å²) in [5, 5.41) is 0. The molecule has 0 aromatic heterocycles. The van der Waals surface area contributed by atoms with E-state index < -0.39 is 0 Å². The SMILES string of the molecule is CCC1CCN(C2(CN)CCCC(C(C)C)CC2)CC1. The highest BCUT2D eigenvalue weighted by atomic mass is 15.2. The second-order valence-corrected chi connectivity index (χ2v) is 7.70. The summed E-state index contributed by atoms with van der Waals surface area (Å²) in [4.78, 5) is 2.78. The highest BCUT2D eigenvalue weighted by molar-refractivity contribution is 4.96. The van der Waals surface area contributed by atoms with Crippen LogP contribution in [0, 0.1) is 17.8 Å². The van der Waals surface area contributed by atoms with Crippen LogP contribution in [0.1, 0.15) is 72.1 Å². The summed E-state index contributed by atoms with van der Waals surface area (Å²) in [7, 11) is 0. The third-order valence-corrected chi connectivity index (χ3v) is 6.38. The van der Waals surface area contributed by atoms with Crippen LogP contribution in [0.5, 0.6) is 0 Å². The van der Waals surface area contributed by atoms with Crippen LogP contribution < -0.4 is 5.73 Å². The molecule has 2 N–H and O–H groups in total. The molecule has 0 bridgehead atoms. The molecule has 2 aliphatic rings. The molecule has 0 amide bonds. The summed E-state index contributed by atoms with van der Waals surface area (Å²) >= 11 is 0. The Labute approximate surface area is 126 Å². The van der Waals surface area contributed by atoms with Gasteiger partial charge in [0.15, 0.2) is 0 Å². The fourth-order valence-electron chi connectivity index (χ4n) is 4.55. The monoisotopic (exact) mass is 280 g/mol. The maximum absolute atomic E-state index is 6.29. The zero-order valence-electron chi connectivity index (χ0n) is 14.0. The van der Waals surface area contributed by atoms with Crippen LogP contribution in [0.3, 0.4) is 0 Å². The zero-order chi connectivity index (χ0) is 14.6. The van der Waals surface area contributed by atoms with Crippen molar-refractivity contribution in [3.63, 3.8) is 0 Å².